The van der Waals surface area contributed by atoms with E-state index < -0.39 is 5.41 Å². The summed E-state index contributed by atoms with van der Waals surface area (Å²) >= 11 is 0. The molecule has 2 saturated heterocycles. The number of para-hydroxylation sites is 1. The van der Waals surface area contributed by atoms with E-state index in [2.05, 4.69) is 25.8 Å². The number of benzene rings is 1. The summed E-state index contributed by atoms with van der Waals surface area (Å²) in [6.45, 7) is 6.11. The van der Waals surface area contributed by atoms with Gasteiger partial charge in [0.1, 0.15) is 23.7 Å². The van der Waals surface area contributed by atoms with Crippen molar-refractivity contribution in [1.82, 2.24) is 14.9 Å². The van der Waals surface area contributed by atoms with Gasteiger partial charge in [-0.3, -0.25) is 4.79 Å². The molecule has 0 atom stereocenters. The number of hydrogen-bond acceptors (Lipinski definition) is 7. The van der Waals surface area contributed by atoms with Crippen LogP contribution in [0.15, 0.2) is 36.7 Å². The molecule has 8 heteroatoms. The summed E-state index contributed by atoms with van der Waals surface area (Å²) in [5.74, 6) is 2.91. The number of ether oxygens (including phenoxy) is 2. The zero-order chi connectivity index (χ0) is 21.3. The Balaban J connectivity index is 1.25. The van der Waals surface area contributed by atoms with Gasteiger partial charge in [-0.2, -0.15) is 0 Å². The fourth-order valence-corrected chi connectivity index (χ4v) is 4.68. The summed E-state index contributed by atoms with van der Waals surface area (Å²) in [5, 5.41) is 0. The number of nitrogens with zero attached hydrogens (tertiary/aromatic N) is 5. The molecule has 3 fully saturated rings. The topological polar surface area (TPSA) is 71.0 Å². The van der Waals surface area contributed by atoms with Gasteiger partial charge in [0, 0.05) is 50.9 Å². The third-order valence-corrected chi connectivity index (χ3v) is 6.65. The van der Waals surface area contributed by atoms with Crippen molar-refractivity contribution < 1.29 is 14.3 Å². The van der Waals surface area contributed by atoms with Crippen LogP contribution in [0.3, 0.4) is 0 Å². The Labute approximate surface area is 182 Å². The van der Waals surface area contributed by atoms with E-state index in [0.717, 1.165) is 75.2 Å². The number of amides is 1. The maximum atomic E-state index is 13.5. The molecule has 5 rings (SSSR count). The van der Waals surface area contributed by atoms with Crippen LogP contribution in [0, 0.1) is 0 Å². The van der Waals surface area contributed by atoms with Crippen LogP contribution in [0.5, 0.6) is 5.75 Å². The number of anilines is 2. The largest absolute Gasteiger partial charge is 0.496 e. The van der Waals surface area contributed by atoms with Crippen LogP contribution in [-0.2, 0) is 14.9 Å². The fraction of sp³-hybridized carbons (Fsp3) is 0.522. The van der Waals surface area contributed by atoms with Gasteiger partial charge < -0.3 is 24.2 Å². The van der Waals surface area contributed by atoms with E-state index in [0.29, 0.717) is 13.1 Å². The number of carbonyl (C=O) groups excluding carboxylic acids is 1. The smallest absolute Gasteiger partial charge is 0.233 e. The quantitative estimate of drug-likeness (QED) is 0.725. The molecule has 1 saturated carbocycles. The minimum Gasteiger partial charge on any atom is -0.496 e. The van der Waals surface area contributed by atoms with E-state index in [1.54, 1.807) is 13.4 Å². The van der Waals surface area contributed by atoms with Gasteiger partial charge >= 0.3 is 0 Å². The van der Waals surface area contributed by atoms with Crippen molar-refractivity contribution in [2.24, 2.45) is 0 Å². The zero-order valence-electron chi connectivity index (χ0n) is 18.0. The maximum absolute atomic E-state index is 13.5. The molecule has 1 aromatic carbocycles. The molecule has 1 amide bonds. The molecule has 2 aromatic rings. The fourth-order valence-electron chi connectivity index (χ4n) is 4.68. The molecule has 1 aromatic heterocycles. The first-order chi connectivity index (χ1) is 15.2. The van der Waals surface area contributed by atoms with Crippen LogP contribution in [0.25, 0.3) is 0 Å². The van der Waals surface area contributed by atoms with Gasteiger partial charge in [0.05, 0.1) is 25.7 Å². The van der Waals surface area contributed by atoms with Crippen molar-refractivity contribution in [1.29, 1.82) is 0 Å². The molecule has 1 aliphatic carbocycles. The summed E-state index contributed by atoms with van der Waals surface area (Å²) in [7, 11) is 1.67. The predicted molar refractivity (Wildman–Crippen MR) is 118 cm³/mol. The lowest BCUT2D eigenvalue weighted by Gasteiger charge is -2.37. The van der Waals surface area contributed by atoms with Crippen LogP contribution in [0.2, 0.25) is 0 Å². The van der Waals surface area contributed by atoms with Gasteiger partial charge in [-0.1, -0.05) is 18.2 Å². The van der Waals surface area contributed by atoms with Crippen LogP contribution in [0.1, 0.15) is 18.4 Å². The van der Waals surface area contributed by atoms with Gasteiger partial charge in [0.15, 0.2) is 0 Å². The molecular weight excluding hydrogens is 394 g/mol. The summed E-state index contributed by atoms with van der Waals surface area (Å²) in [6.07, 6.45) is 3.42. The second kappa shape index (κ2) is 8.34. The summed E-state index contributed by atoms with van der Waals surface area (Å²) in [5.41, 5.74) is 0.614. The van der Waals surface area contributed by atoms with E-state index in [-0.39, 0.29) is 5.91 Å². The summed E-state index contributed by atoms with van der Waals surface area (Å²) < 4.78 is 11.0. The van der Waals surface area contributed by atoms with Crippen molar-refractivity contribution in [3.8, 4) is 5.75 Å². The Morgan fingerprint density at radius 3 is 2.26 bits per heavy atom. The van der Waals surface area contributed by atoms with E-state index >= 15 is 0 Å². The third kappa shape index (κ3) is 3.80. The minimum atomic E-state index is -0.410. The van der Waals surface area contributed by atoms with E-state index in [9.17, 15) is 4.79 Å². The predicted octanol–water partition coefficient (Wildman–Crippen LogP) is 1.70. The number of morpholine rings is 1. The zero-order valence-corrected chi connectivity index (χ0v) is 18.0. The molecule has 0 N–H and O–H groups in total. The third-order valence-electron chi connectivity index (χ3n) is 6.65. The van der Waals surface area contributed by atoms with Crippen LogP contribution in [-0.4, -0.2) is 80.4 Å². The Kier molecular flexibility index (Phi) is 5.40. The first-order valence-corrected chi connectivity index (χ1v) is 11.0. The van der Waals surface area contributed by atoms with E-state index in [1.807, 2.05) is 29.2 Å². The molecule has 3 heterocycles. The maximum Gasteiger partial charge on any atom is 0.233 e. The molecule has 31 heavy (non-hydrogen) atoms. The average Bonchev–Trinajstić information content (AvgIpc) is 3.66. The molecule has 0 spiro atoms. The lowest BCUT2D eigenvalue weighted by Crippen LogP contribution is -2.52. The highest BCUT2D eigenvalue weighted by molar-refractivity contribution is 5.92. The van der Waals surface area contributed by atoms with E-state index in [1.165, 1.54) is 0 Å². The number of rotatable bonds is 5. The molecule has 0 unspecified atom stereocenters. The highest BCUT2D eigenvalue weighted by atomic mass is 16.5. The first-order valence-electron chi connectivity index (χ1n) is 11.0. The number of aromatic nitrogens is 2. The monoisotopic (exact) mass is 423 g/mol. The van der Waals surface area contributed by atoms with Gasteiger partial charge in [-0.15, -0.1) is 0 Å². The second-order valence-corrected chi connectivity index (χ2v) is 8.40. The SMILES string of the molecule is COc1ccccc1C1(C(=O)N2CCN(c3cc(N4CCOCC4)ncn3)CC2)CC1. The summed E-state index contributed by atoms with van der Waals surface area (Å²) in [4.78, 5) is 28.9. The second-order valence-electron chi connectivity index (χ2n) is 8.40. The highest BCUT2D eigenvalue weighted by Gasteiger charge is 2.54. The lowest BCUT2D eigenvalue weighted by molar-refractivity contribution is -0.134. The van der Waals surface area contributed by atoms with Crippen LogP contribution < -0.4 is 14.5 Å². The van der Waals surface area contributed by atoms with Crippen molar-refractivity contribution in [3.63, 3.8) is 0 Å². The molecule has 0 radical (unpaired) electrons. The van der Waals surface area contributed by atoms with Crippen molar-refractivity contribution in [2.45, 2.75) is 18.3 Å². The van der Waals surface area contributed by atoms with Gasteiger partial charge in [-0.25, -0.2) is 9.97 Å². The normalized spacial score (nSPS) is 20.5. The Morgan fingerprint density at radius 2 is 1.61 bits per heavy atom. The summed E-state index contributed by atoms with van der Waals surface area (Å²) in [6, 6.07) is 9.98. The number of methoxy groups -OCH3 is 1. The van der Waals surface area contributed by atoms with Gasteiger partial charge in [-0.05, 0) is 18.9 Å². The standard InChI is InChI=1S/C23H29N5O3/c1-30-19-5-3-2-4-18(19)23(6-7-23)22(29)28-10-8-26(9-11-28)20-16-21(25-17-24-20)27-12-14-31-15-13-27/h2-5,16-17H,6-15H2,1H3. The van der Waals surface area contributed by atoms with Crippen molar-refractivity contribution >= 4 is 17.5 Å². The van der Waals surface area contributed by atoms with Gasteiger partial charge in [0.2, 0.25) is 5.91 Å². The molecule has 0 bridgehead atoms. The molecule has 3 aliphatic rings. The number of carbonyl (C=O) groups is 1. The van der Waals surface area contributed by atoms with Crippen LogP contribution >= 0.6 is 0 Å². The van der Waals surface area contributed by atoms with Crippen molar-refractivity contribution in [3.05, 3.63) is 42.2 Å². The van der Waals surface area contributed by atoms with E-state index in [4.69, 9.17) is 9.47 Å². The van der Waals surface area contributed by atoms with Crippen molar-refractivity contribution in [2.75, 3.05) is 69.4 Å². The van der Waals surface area contributed by atoms with Gasteiger partial charge in [0.25, 0.3) is 0 Å². The number of piperazine rings is 1. The molecule has 164 valence electrons. The lowest BCUT2D eigenvalue weighted by atomic mass is 9.93. The average molecular weight is 424 g/mol. The molecule has 2 aliphatic heterocycles. The highest BCUT2D eigenvalue weighted by Crippen LogP contribution is 2.52. The first kappa shape index (κ1) is 20.1. The molecule has 8 nitrogen and oxygen atoms in total. The Bertz CT molecular complexity index is 934. The minimum absolute atomic E-state index is 0.230. The Hall–Kier alpha value is -2.87. The van der Waals surface area contributed by atoms with Crippen LogP contribution in [0.4, 0.5) is 11.6 Å². The molecular formula is C23H29N5O3. The Morgan fingerprint density at radius 1 is 0.968 bits per heavy atom. The number of hydrogen-bond donors (Lipinski definition) is 0.